The van der Waals surface area contributed by atoms with Gasteiger partial charge >= 0.3 is 5.97 Å². The van der Waals surface area contributed by atoms with E-state index in [1.807, 2.05) is 19.1 Å². The summed E-state index contributed by atoms with van der Waals surface area (Å²) in [6.07, 6.45) is 2.96. The number of aromatic nitrogens is 2. The summed E-state index contributed by atoms with van der Waals surface area (Å²) >= 11 is 0. The van der Waals surface area contributed by atoms with E-state index in [-0.39, 0.29) is 11.3 Å². The average Bonchev–Trinajstić information content (AvgIpc) is 2.34. The molecule has 6 nitrogen and oxygen atoms in total. The van der Waals surface area contributed by atoms with Gasteiger partial charge in [0.2, 0.25) is 0 Å². The molecule has 0 saturated heterocycles. The van der Waals surface area contributed by atoms with Crippen LogP contribution in [0.1, 0.15) is 16.1 Å². The van der Waals surface area contributed by atoms with Gasteiger partial charge in [0.05, 0.1) is 29.3 Å². The van der Waals surface area contributed by atoms with Crippen LogP contribution in [0.5, 0.6) is 0 Å². The van der Waals surface area contributed by atoms with E-state index in [9.17, 15) is 4.79 Å². The first-order valence-electron chi connectivity index (χ1n) is 5.25. The van der Waals surface area contributed by atoms with Crippen LogP contribution in [0.25, 0.3) is 0 Å². The standard InChI is InChI=1S/C12H12N4O2/c1-7-2-3-8(5-14-7)16-11-4-9(12(17)18)10(13)6-15-11/h2-6H,13H2,1H3,(H,15,16)(H,17,18). The molecule has 4 N–H and O–H groups in total. The van der Waals surface area contributed by atoms with Gasteiger partial charge in [0, 0.05) is 5.69 Å². The summed E-state index contributed by atoms with van der Waals surface area (Å²) in [6.45, 7) is 1.88. The number of nitrogen functional groups attached to an aromatic ring is 1. The molecule has 92 valence electrons. The zero-order valence-electron chi connectivity index (χ0n) is 9.71. The van der Waals surface area contributed by atoms with Crippen molar-refractivity contribution in [2.24, 2.45) is 0 Å². The molecule has 0 fully saturated rings. The lowest BCUT2D eigenvalue weighted by Crippen LogP contribution is -2.05. The molecule has 2 aromatic rings. The van der Waals surface area contributed by atoms with Gasteiger partial charge in [0.25, 0.3) is 0 Å². The monoisotopic (exact) mass is 244 g/mol. The smallest absolute Gasteiger partial charge is 0.337 e. The molecule has 0 unspecified atom stereocenters. The zero-order chi connectivity index (χ0) is 13.1. The summed E-state index contributed by atoms with van der Waals surface area (Å²) in [5, 5.41) is 11.9. The first kappa shape index (κ1) is 11.8. The van der Waals surface area contributed by atoms with E-state index in [1.165, 1.54) is 12.3 Å². The summed E-state index contributed by atoms with van der Waals surface area (Å²) < 4.78 is 0. The van der Waals surface area contributed by atoms with Gasteiger partial charge in [-0.3, -0.25) is 4.98 Å². The van der Waals surface area contributed by atoms with Crippen LogP contribution >= 0.6 is 0 Å². The van der Waals surface area contributed by atoms with E-state index >= 15 is 0 Å². The minimum atomic E-state index is -1.08. The highest BCUT2D eigenvalue weighted by atomic mass is 16.4. The third-order valence-electron chi connectivity index (χ3n) is 2.35. The predicted molar refractivity (Wildman–Crippen MR) is 67.9 cm³/mol. The lowest BCUT2D eigenvalue weighted by Gasteiger charge is -2.07. The van der Waals surface area contributed by atoms with Crippen molar-refractivity contribution in [3.05, 3.63) is 41.9 Å². The SMILES string of the molecule is Cc1ccc(Nc2cc(C(=O)O)c(N)cn2)cn1. The Morgan fingerprint density at radius 3 is 2.72 bits per heavy atom. The lowest BCUT2D eigenvalue weighted by atomic mass is 10.2. The number of rotatable bonds is 3. The highest BCUT2D eigenvalue weighted by Gasteiger charge is 2.09. The predicted octanol–water partition coefficient (Wildman–Crippen LogP) is 1.81. The number of nitrogens with one attached hydrogen (secondary N) is 1. The van der Waals surface area contributed by atoms with Crippen molar-refractivity contribution >= 4 is 23.2 Å². The van der Waals surface area contributed by atoms with Crippen LogP contribution in [0.4, 0.5) is 17.2 Å². The van der Waals surface area contributed by atoms with Gasteiger partial charge in [-0.1, -0.05) is 0 Å². The number of hydrogen-bond donors (Lipinski definition) is 3. The molecule has 0 amide bonds. The lowest BCUT2D eigenvalue weighted by molar-refractivity contribution is 0.0698. The summed E-state index contributed by atoms with van der Waals surface area (Å²) in [6, 6.07) is 5.07. The molecule has 0 aliphatic heterocycles. The van der Waals surface area contributed by atoms with Crippen LogP contribution in [0.2, 0.25) is 0 Å². The van der Waals surface area contributed by atoms with Gasteiger partial charge in [-0.05, 0) is 25.1 Å². The summed E-state index contributed by atoms with van der Waals surface area (Å²) in [4.78, 5) is 19.1. The summed E-state index contributed by atoms with van der Waals surface area (Å²) in [5.41, 5.74) is 7.31. The van der Waals surface area contributed by atoms with Gasteiger partial charge in [-0.15, -0.1) is 0 Å². The number of carboxylic acid groups (broad SMARTS) is 1. The Morgan fingerprint density at radius 1 is 1.33 bits per heavy atom. The molecule has 2 aromatic heterocycles. The van der Waals surface area contributed by atoms with Gasteiger partial charge in [0.15, 0.2) is 0 Å². The van der Waals surface area contributed by atoms with Crippen LogP contribution < -0.4 is 11.1 Å². The normalized spacial score (nSPS) is 10.1. The fourth-order valence-corrected chi connectivity index (χ4v) is 1.41. The Hall–Kier alpha value is -2.63. The molecule has 0 spiro atoms. The molecule has 2 rings (SSSR count). The molecular weight excluding hydrogens is 232 g/mol. The van der Waals surface area contributed by atoms with Gasteiger partial charge in [-0.25, -0.2) is 9.78 Å². The topological polar surface area (TPSA) is 101 Å². The van der Waals surface area contributed by atoms with E-state index in [1.54, 1.807) is 6.20 Å². The van der Waals surface area contributed by atoms with E-state index in [0.29, 0.717) is 5.82 Å². The van der Waals surface area contributed by atoms with Gasteiger partial charge in [-0.2, -0.15) is 0 Å². The highest BCUT2D eigenvalue weighted by molar-refractivity contribution is 5.94. The number of aromatic carboxylic acids is 1. The quantitative estimate of drug-likeness (QED) is 0.761. The van der Waals surface area contributed by atoms with Crippen molar-refractivity contribution in [1.29, 1.82) is 0 Å². The van der Waals surface area contributed by atoms with E-state index < -0.39 is 5.97 Å². The third kappa shape index (κ3) is 2.54. The number of pyridine rings is 2. The van der Waals surface area contributed by atoms with Crippen molar-refractivity contribution < 1.29 is 9.90 Å². The Balaban J connectivity index is 2.27. The number of carbonyl (C=O) groups is 1. The molecule has 0 atom stereocenters. The molecule has 0 aliphatic rings. The number of nitrogens with zero attached hydrogens (tertiary/aromatic N) is 2. The molecule has 0 saturated carbocycles. The minimum absolute atomic E-state index is 0.0209. The van der Waals surface area contributed by atoms with Crippen LogP contribution in [-0.4, -0.2) is 21.0 Å². The Morgan fingerprint density at radius 2 is 2.11 bits per heavy atom. The minimum Gasteiger partial charge on any atom is -0.478 e. The number of aryl methyl sites for hydroxylation is 1. The van der Waals surface area contributed by atoms with Crippen LogP contribution in [0.15, 0.2) is 30.6 Å². The third-order valence-corrected chi connectivity index (χ3v) is 2.35. The van der Waals surface area contributed by atoms with Crippen molar-refractivity contribution in [1.82, 2.24) is 9.97 Å². The van der Waals surface area contributed by atoms with Crippen LogP contribution in [0, 0.1) is 6.92 Å². The van der Waals surface area contributed by atoms with Gasteiger partial charge in [0.1, 0.15) is 5.82 Å². The molecule has 0 bridgehead atoms. The second-order valence-corrected chi connectivity index (χ2v) is 3.78. The summed E-state index contributed by atoms with van der Waals surface area (Å²) in [7, 11) is 0. The van der Waals surface area contributed by atoms with Gasteiger partial charge < -0.3 is 16.2 Å². The fraction of sp³-hybridized carbons (Fsp3) is 0.0833. The maximum Gasteiger partial charge on any atom is 0.337 e. The number of carboxylic acids is 1. The van der Waals surface area contributed by atoms with Crippen LogP contribution in [-0.2, 0) is 0 Å². The Labute approximate surface area is 104 Å². The molecule has 6 heteroatoms. The average molecular weight is 244 g/mol. The Kier molecular flexibility index (Phi) is 3.09. The number of anilines is 3. The molecule has 0 radical (unpaired) electrons. The van der Waals surface area contributed by atoms with Crippen molar-refractivity contribution in [2.75, 3.05) is 11.1 Å². The number of nitrogens with two attached hydrogens (primary N) is 1. The second kappa shape index (κ2) is 4.70. The first-order valence-corrected chi connectivity index (χ1v) is 5.25. The highest BCUT2D eigenvalue weighted by Crippen LogP contribution is 2.18. The van der Waals surface area contributed by atoms with Crippen molar-refractivity contribution in [3.8, 4) is 0 Å². The molecule has 18 heavy (non-hydrogen) atoms. The number of hydrogen-bond acceptors (Lipinski definition) is 5. The maximum atomic E-state index is 10.9. The molecule has 0 aliphatic carbocycles. The van der Waals surface area contributed by atoms with E-state index in [0.717, 1.165) is 11.4 Å². The van der Waals surface area contributed by atoms with Crippen LogP contribution in [0.3, 0.4) is 0 Å². The summed E-state index contributed by atoms with van der Waals surface area (Å²) in [5.74, 6) is -0.674. The molecule has 0 aromatic carbocycles. The zero-order valence-corrected chi connectivity index (χ0v) is 9.71. The second-order valence-electron chi connectivity index (χ2n) is 3.78. The van der Waals surface area contributed by atoms with Crippen molar-refractivity contribution in [2.45, 2.75) is 6.92 Å². The Bertz CT molecular complexity index is 581. The van der Waals surface area contributed by atoms with E-state index in [2.05, 4.69) is 15.3 Å². The maximum absolute atomic E-state index is 10.9. The molecular formula is C12H12N4O2. The molecule has 2 heterocycles. The van der Waals surface area contributed by atoms with E-state index in [4.69, 9.17) is 10.8 Å². The first-order chi connectivity index (χ1) is 8.56. The van der Waals surface area contributed by atoms with Crippen molar-refractivity contribution in [3.63, 3.8) is 0 Å². The largest absolute Gasteiger partial charge is 0.478 e. The fourth-order valence-electron chi connectivity index (χ4n) is 1.41.